The Morgan fingerprint density at radius 3 is 2.47 bits per heavy atom. The fraction of sp³-hybridized carbons (Fsp3) is 0.923. The summed E-state index contributed by atoms with van der Waals surface area (Å²) in [6.45, 7) is 8.00. The first-order chi connectivity index (χ1) is 7.86. The number of carbonyl (C=O) groups is 1. The maximum atomic E-state index is 12.0. The van der Waals surface area contributed by atoms with Gasteiger partial charge in [0.2, 0.25) is 0 Å². The predicted octanol–water partition coefficient (Wildman–Crippen LogP) is 1.98. The number of ether oxygens (including phenoxy) is 1. The largest absolute Gasteiger partial charge is 0.444 e. The molecular formula is C13H24N2O2. The number of amides is 1. The lowest BCUT2D eigenvalue weighted by Crippen LogP contribution is -2.41. The number of nitrogens with two attached hydrogens (primary N) is 1. The van der Waals surface area contributed by atoms with E-state index in [1.54, 1.807) is 0 Å². The maximum Gasteiger partial charge on any atom is 0.410 e. The smallest absolute Gasteiger partial charge is 0.410 e. The summed E-state index contributed by atoms with van der Waals surface area (Å²) in [6.07, 6.45) is 3.53. The van der Waals surface area contributed by atoms with E-state index in [9.17, 15) is 4.79 Å². The first-order valence-electron chi connectivity index (χ1n) is 6.54. The summed E-state index contributed by atoms with van der Waals surface area (Å²) in [5.74, 6) is 0.462. The molecule has 2 fully saturated rings. The highest BCUT2D eigenvalue weighted by molar-refractivity contribution is 5.68. The molecule has 98 valence electrons. The van der Waals surface area contributed by atoms with Crippen LogP contribution in [0.15, 0.2) is 0 Å². The minimum Gasteiger partial charge on any atom is -0.444 e. The zero-order chi connectivity index (χ0) is 12.7. The molecule has 0 radical (unpaired) electrons. The van der Waals surface area contributed by atoms with Crippen LogP contribution in [0.4, 0.5) is 4.79 Å². The zero-order valence-corrected chi connectivity index (χ0v) is 11.2. The van der Waals surface area contributed by atoms with Gasteiger partial charge in [0, 0.05) is 13.1 Å². The van der Waals surface area contributed by atoms with Crippen molar-refractivity contribution < 1.29 is 9.53 Å². The third-order valence-electron chi connectivity index (χ3n) is 4.10. The van der Waals surface area contributed by atoms with Crippen molar-refractivity contribution in [3.05, 3.63) is 0 Å². The van der Waals surface area contributed by atoms with Gasteiger partial charge in [0.25, 0.3) is 0 Å². The Morgan fingerprint density at radius 1 is 1.47 bits per heavy atom. The van der Waals surface area contributed by atoms with Crippen molar-refractivity contribution in [2.45, 2.75) is 45.6 Å². The van der Waals surface area contributed by atoms with E-state index in [2.05, 4.69) is 0 Å². The van der Waals surface area contributed by atoms with Crippen molar-refractivity contribution in [2.24, 2.45) is 17.1 Å². The first-order valence-corrected chi connectivity index (χ1v) is 6.54. The first kappa shape index (κ1) is 12.7. The van der Waals surface area contributed by atoms with Crippen LogP contribution in [0.3, 0.4) is 0 Å². The van der Waals surface area contributed by atoms with Gasteiger partial charge in [0.05, 0.1) is 0 Å². The van der Waals surface area contributed by atoms with E-state index in [4.69, 9.17) is 10.5 Å². The molecule has 2 rings (SSSR count). The predicted molar refractivity (Wildman–Crippen MR) is 66.6 cm³/mol. The molecule has 2 aliphatic rings. The second kappa shape index (κ2) is 4.16. The minimum atomic E-state index is -0.412. The molecule has 1 atom stereocenters. The molecule has 1 unspecified atom stereocenters. The van der Waals surface area contributed by atoms with Crippen LogP contribution in [0.2, 0.25) is 0 Å². The van der Waals surface area contributed by atoms with Gasteiger partial charge in [-0.05, 0) is 51.5 Å². The molecule has 1 spiro atoms. The van der Waals surface area contributed by atoms with Crippen LogP contribution >= 0.6 is 0 Å². The van der Waals surface area contributed by atoms with E-state index in [0.717, 1.165) is 13.1 Å². The van der Waals surface area contributed by atoms with Crippen LogP contribution in [-0.2, 0) is 4.74 Å². The summed E-state index contributed by atoms with van der Waals surface area (Å²) in [6, 6.07) is 0. The second-order valence-electron chi connectivity index (χ2n) is 6.51. The van der Waals surface area contributed by atoms with Crippen LogP contribution < -0.4 is 5.73 Å². The van der Waals surface area contributed by atoms with Crippen LogP contribution in [0, 0.1) is 11.3 Å². The molecule has 4 heteroatoms. The highest BCUT2D eigenvalue weighted by atomic mass is 16.6. The third kappa shape index (κ3) is 2.41. The maximum absolute atomic E-state index is 12.0. The monoisotopic (exact) mass is 240 g/mol. The molecule has 1 saturated heterocycles. The number of hydrogen-bond donors (Lipinski definition) is 1. The Bertz CT molecular complexity index is 305. The molecule has 0 aromatic rings. The Balaban J connectivity index is 1.98. The summed E-state index contributed by atoms with van der Waals surface area (Å²) >= 11 is 0. The Labute approximate surface area is 103 Å². The lowest BCUT2D eigenvalue weighted by atomic mass is 9.63. The van der Waals surface area contributed by atoms with Gasteiger partial charge in [-0.2, -0.15) is 0 Å². The van der Waals surface area contributed by atoms with Crippen molar-refractivity contribution in [1.82, 2.24) is 4.90 Å². The van der Waals surface area contributed by atoms with E-state index >= 15 is 0 Å². The standard InChI is InChI=1S/C13H24N2O2/c1-12(2,3)17-11(16)15-8-10(7-14)13(9-15)5-4-6-13/h10H,4-9,14H2,1-3H3. The fourth-order valence-corrected chi connectivity index (χ4v) is 3.02. The lowest BCUT2D eigenvalue weighted by Gasteiger charge is -2.42. The van der Waals surface area contributed by atoms with Crippen LogP contribution in [0.5, 0.6) is 0 Å². The van der Waals surface area contributed by atoms with Gasteiger partial charge in [-0.15, -0.1) is 0 Å². The number of nitrogens with zero attached hydrogens (tertiary/aromatic N) is 1. The average molecular weight is 240 g/mol. The molecule has 4 nitrogen and oxygen atoms in total. The van der Waals surface area contributed by atoms with E-state index in [1.165, 1.54) is 19.3 Å². The van der Waals surface area contributed by atoms with Crippen molar-refractivity contribution in [3.8, 4) is 0 Å². The van der Waals surface area contributed by atoms with Gasteiger partial charge in [-0.25, -0.2) is 4.79 Å². The number of hydrogen-bond acceptors (Lipinski definition) is 3. The van der Waals surface area contributed by atoms with E-state index < -0.39 is 5.60 Å². The number of rotatable bonds is 1. The molecule has 1 aliphatic heterocycles. The Morgan fingerprint density at radius 2 is 2.12 bits per heavy atom. The quantitative estimate of drug-likeness (QED) is 0.762. The highest BCUT2D eigenvalue weighted by Gasteiger charge is 2.51. The average Bonchev–Trinajstić information content (AvgIpc) is 2.53. The van der Waals surface area contributed by atoms with Gasteiger partial charge in [-0.3, -0.25) is 0 Å². The molecule has 1 saturated carbocycles. The lowest BCUT2D eigenvalue weighted by molar-refractivity contribution is 0.0241. The number of likely N-dealkylation sites (tertiary alicyclic amines) is 1. The molecule has 2 N–H and O–H groups in total. The highest BCUT2D eigenvalue weighted by Crippen LogP contribution is 2.51. The molecule has 1 aliphatic carbocycles. The Kier molecular flexibility index (Phi) is 3.10. The molecule has 0 bridgehead atoms. The van der Waals surface area contributed by atoms with Gasteiger partial charge in [-0.1, -0.05) is 6.42 Å². The van der Waals surface area contributed by atoms with Crippen LogP contribution in [0.1, 0.15) is 40.0 Å². The van der Waals surface area contributed by atoms with Gasteiger partial charge >= 0.3 is 6.09 Å². The van der Waals surface area contributed by atoms with E-state index in [-0.39, 0.29) is 6.09 Å². The molecule has 17 heavy (non-hydrogen) atoms. The molecule has 1 heterocycles. The summed E-state index contributed by atoms with van der Waals surface area (Å²) in [4.78, 5) is 13.9. The van der Waals surface area contributed by atoms with E-state index in [1.807, 2.05) is 25.7 Å². The number of carbonyl (C=O) groups excluding carboxylic acids is 1. The van der Waals surface area contributed by atoms with Gasteiger partial charge in [0.1, 0.15) is 5.60 Å². The van der Waals surface area contributed by atoms with Crippen molar-refractivity contribution >= 4 is 6.09 Å². The van der Waals surface area contributed by atoms with E-state index in [0.29, 0.717) is 17.9 Å². The third-order valence-corrected chi connectivity index (χ3v) is 4.10. The Hall–Kier alpha value is -0.770. The van der Waals surface area contributed by atoms with Crippen molar-refractivity contribution in [1.29, 1.82) is 0 Å². The SMILES string of the molecule is CC(C)(C)OC(=O)N1CC(CN)C2(CCC2)C1. The van der Waals surface area contributed by atoms with Crippen LogP contribution in [-0.4, -0.2) is 36.2 Å². The summed E-state index contributed by atoms with van der Waals surface area (Å²) in [7, 11) is 0. The molecule has 1 amide bonds. The molecule has 0 aromatic carbocycles. The fourth-order valence-electron chi connectivity index (χ4n) is 3.02. The summed E-state index contributed by atoms with van der Waals surface area (Å²) in [5.41, 5.74) is 5.73. The van der Waals surface area contributed by atoms with Crippen molar-refractivity contribution in [2.75, 3.05) is 19.6 Å². The topological polar surface area (TPSA) is 55.6 Å². The minimum absolute atomic E-state index is 0.181. The summed E-state index contributed by atoms with van der Waals surface area (Å²) in [5, 5.41) is 0. The zero-order valence-electron chi connectivity index (χ0n) is 11.2. The van der Waals surface area contributed by atoms with Crippen LogP contribution in [0.25, 0.3) is 0 Å². The molecule has 0 aromatic heterocycles. The second-order valence-corrected chi connectivity index (χ2v) is 6.51. The summed E-state index contributed by atoms with van der Waals surface area (Å²) < 4.78 is 5.42. The van der Waals surface area contributed by atoms with Gasteiger partial charge < -0.3 is 15.4 Å². The molecular weight excluding hydrogens is 216 g/mol. The van der Waals surface area contributed by atoms with Crippen molar-refractivity contribution in [3.63, 3.8) is 0 Å². The van der Waals surface area contributed by atoms with Gasteiger partial charge in [0.15, 0.2) is 0 Å². The normalized spacial score (nSPS) is 27.1.